The highest BCUT2D eigenvalue weighted by Crippen LogP contribution is 2.31. The highest BCUT2D eigenvalue weighted by Gasteiger charge is 2.34. The number of carbonyl (C=O) groups is 1. The largest absolute Gasteiger partial charge is 0.417 e. The Hall–Kier alpha value is -2.03. The van der Waals surface area contributed by atoms with Crippen LogP contribution in [0.3, 0.4) is 0 Å². The molecule has 9 heteroatoms. The highest BCUT2D eigenvalue weighted by atomic mass is 19.4. The molecular formula is C20H28F3N5O. The summed E-state index contributed by atoms with van der Waals surface area (Å²) in [5, 5.41) is 6.04. The summed E-state index contributed by atoms with van der Waals surface area (Å²) < 4.78 is 38.0. The Balaban J connectivity index is 1.16. The lowest BCUT2D eigenvalue weighted by Crippen LogP contribution is -2.48. The fourth-order valence-electron chi connectivity index (χ4n) is 4.27. The van der Waals surface area contributed by atoms with Gasteiger partial charge in [0, 0.05) is 44.5 Å². The van der Waals surface area contributed by atoms with Crippen LogP contribution in [0, 0.1) is 5.92 Å². The van der Waals surface area contributed by atoms with Gasteiger partial charge < -0.3 is 20.4 Å². The highest BCUT2D eigenvalue weighted by molar-refractivity contribution is 5.74. The summed E-state index contributed by atoms with van der Waals surface area (Å²) in [6.45, 7) is 4.26. The van der Waals surface area contributed by atoms with E-state index in [1.54, 1.807) is 0 Å². The fourth-order valence-corrected chi connectivity index (χ4v) is 4.27. The molecule has 1 atom stereocenters. The summed E-state index contributed by atoms with van der Waals surface area (Å²) in [5.41, 5.74) is -0.739. The van der Waals surface area contributed by atoms with Crippen molar-refractivity contribution in [2.24, 2.45) is 5.92 Å². The zero-order valence-electron chi connectivity index (χ0n) is 16.4. The Labute approximate surface area is 168 Å². The van der Waals surface area contributed by atoms with Crippen LogP contribution in [-0.4, -0.2) is 60.7 Å². The molecule has 2 amide bonds. The van der Waals surface area contributed by atoms with E-state index in [1.165, 1.54) is 18.9 Å². The van der Waals surface area contributed by atoms with Crippen molar-refractivity contribution < 1.29 is 18.0 Å². The molecular weight excluding hydrogens is 383 g/mol. The van der Waals surface area contributed by atoms with Crippen LogP contribution in [-0.2, 0) is 6.18 Å². The van der Waals surface area contributed by atoms with E-state index < -0.39 is 11.7 Å². The minimum atomic E-state index is -4.37. The minimum absolute atomic E-state index is 0.0761. The van der Waals surface area contributed by atoms with Crippen molar-refractivity contribution in [1.82, 2.24) is 20.5 Å². The van der Waals surface area contributed by atoms with Gasteiger partial charge in [0.2, 0.25) is 0 Å². The maximum atomic E-state index is 12.7. The first kappa shape index (κ1) is 20.3. The Morgan fingerprint density at radius 2 is 1.86 bits per heavy atom. The summed E-state index contributed by atoms with van der Waals surface area (Å²) >= 11 is 0. The van der Waals surface area contributed by atoms with Crippen LogP contribution in [0.1, 0.15) is 37.7 Å². The molecule has 1 unspecified atom stereocenters. The molecule has 1 saturated carbocycles. The standard InChI is InChI=1S/C20H28F3N5O/c21-20(22,23)15-1-4-18(24-12-15)27-9-6-16(7-10-27)26-19(29)25-11-14-5-8-28(13-14)17-2-3-17/h1,4,12,14,16-17H,2-3,5-11,13H2,(H2,25,26,29). The number of carbonyl (C=O) groups excluding carboxylic acids is 1. The molecule has 29 heavy (non-hydrogen) atoms. The molecule has 3 fully saturated rings. The number of amides is 2. The van der Waals surface area contributed by atoms with Crippen LogP contribution >= 0.6 is 0 Å². The second-order valence-electron chi connectivity index (χ2n) is 8.40. The second kappa shape index (κ2) is 8.38. The van der Waals surface area contributed by atoms with E-state index in [2.05, 4.69) is 20.5 Å². The first-order valence-corrected chi connectivity index (χ1v) is 10.4. The van der Waals surface area contributed by atoms with Gasteiger partial charge in [0.25, 0.3) is 0 Å². The van der Waals surface area contributed by atoms with Crippen molar-refractivity contribution in [3.05, 3.63) is 23.9 Å². The van der Waals surface area contributed by atoms with Gasteiger partial charge in [-0.2, -0.15) is 13.2 Å². The maximum Gasteiger partial charge on any atom is 0.417 e. The van der Waals surface area contributed by atoms with Crippen molar-refractivity contribution in [2.45, 2.75) is 50.4 Å². The Kier molecular flexibility index (Phi) is 5.85. The predicted molar refractivity (Wildman–Crippen MR) is 104 cm³/mol. The monoisotopic (exact) mass is 411 g/mol. The number of alkyl halides is 3. The van der Waals surface area contributed by atoms with Crippen LogP contribution in [0.4, 0.5) is 23.8 Å². The van der Waals surface area contributed by atoms with E-state index in [1.807, 2.05) is 4.90 Å². The zero-order valence-corrected chi connectivity index (χ0v) is 16.4. The number of anilines is 1. The molecule has 1 aliphatic carbocycles. The van der Waals surface area contributed by atoms with Crippen LogP contribution in [0.25, 0.3) is 0 Å². The third kappa shape index (κ3) is 5.32. The first-order valence-electron chi connectivity index (χ1n) is 10.4. The van der Waals surface area contributed by atoms with Gasteiger partial charge in [0.05, 0.1) is 5.56 Å². The van der Waals surface area contributed by atoms with Crippen LogP contribution < -0.4 is 15.5 Å². The van der Waals surface area contributed by atoms with E-state index in [4.69, 9.17) is 0 Å². The molecule has 3 aliphatic rings. The number of likely N-dealkylation sites (tertiary alicyclic amines) is 1. The lowest BCUT2D eigenvalue weighted by molar-refractivity contribution is -0.137. The minimum Gasteiger partial charge on any atom is -0.356 e. The molecule has 160 valence electrons. The van der Waals surface area contributed by atoms with Gasteiger partial charge in [-0.1, -0.05) is 0 Å². The summed E-state index contributed by atoms with van der Waals surface area (Å²) in [4.78, 5) is 20.7. The number of piperidine rings is 1. The lowest BCUT2D eigenvalue weighted by Gasteiger charge is -2.33. The molecule has 0 spiro atoms. The number of hydrogen-bond donors (Lipinski definition) is 2. The molecule has 0 aromatic carbocycles. The number of hydrogen-bond acceptors (Lipinski definition) is 4. The van der Waals surface area contributed by atoms with Gasteiger partial charge >= 0.3 is 12.2 Å². The Morgan fingerprint density at radius 1 is 1.10 bits per heavy atom. The van der Waals surface area contributed by atoms with E-state index in [0.717, 1.165) is 50.7 Å². The topological polar surface area (TPSA) is 60.5 Å². The normalized spacial score (nSPS) is 24.0. The van der Waals surface area contributed by atoms with Gasteiger partial charge in [-0.25, -0.2) is 9.78 Å². The number of pyridine rings is 1. The van der Waals surface area contributed by atoms with E-state index >= 15 is 0 Å². The number of nitrogens with zero attached hydrogens (tertiary/aromatic N) is 3. The van der Waals surface area contributed by atoms with Gasteiger partial charge in [0.1, 0.15) is 5.82 Å². The smallest absolute Gasteiger partial charge is 0.356 e. The number of rotatable bonds is 5. The zero-order chi connectivity index (χ0) is 20.4. The van der Waals surface area contributed by atoms with Gasteiger partial charge in [-0.15, -0.1) is 0 Å². The third-order valence-electron chi connectivity index (χ3n) is 6.16. The molecule has 3 heterocycles. The number of nitrogens with one attached hydrogen (secondary N) is 2. The molecule has 4 rings (SSSR count). The van der Waals surface area contributed by atoms with Crippen molar-refractivity contribution in [3.8, 4) is 0 Å². The Bertz CT molecular complexity index is 699. The molecule has 2 N–H and O–H groups in total. The number of aromatic nitrogens is 1. The molecule has 2 saturated heterocycles. The van der Waals surface area contributed by atoms with Crippen molar-refractivity contribution in [1.29, 1.82) is 0 Å². The summed E-state index contributed by atoms with van der Waals surface area (Å²) in [6.07, 6.45) is 1.78. The Morgan fingerprint density at radius 3 is 2.48 bits per heavy atom. The maximum absolute atomic E-state index is 12.7. The number of halogens is 3. The lowest BCUT2D eigenvalue weighted by atomic mass is 10.1. The second-order valence-corrected chi connectivity index (χ2v) is 8.40. The van der Waals surface area contributed by atoms with Crippen molar-refractivity contribution in [3.63, 3.8) is 0 Å². The van der Waals surface area contributed by atoms with Gasteiger partial charge in [0.15, 0.2) is 0 Å². The molecule has 0 bridgehead atoms. The van der Waals surface area contributed by atoms with Gasteiger partial charge in [-0.3, -0.25) is 0 Å². The van der Waals surface area contributed by atoms with E-state index in [9.17, 15) is 18.0 Å². The molecule has 1 aromatic heterocycles. The molecule has 2 aliphatic heterocycles. The SMILES string of the molecule is O=C(NCC1CCN(C2CC2)C1)NC1CCN(c2ccc(C(F)(F)F)cn2)CC1. The summed E-state index contributed by atoms with van der Waals surface area (Å²) in [6, 6.07) is 3.22. The number of urea groups is 1. The van der Waals surface area contributed by atoms with Crippen molar-refractivity contribution >= 4 is 11.8 Å². The summed E-state index contributed by atoms with van der Waals surface area (Å²) in [7, 11) is 0. The van der Waals surface area contributed by atoms with Crippen LogP contribution in [0.15, 0.2) is 18.3 Å². The molecule has 0 radical (unpaired) electrons. The van der Waals surface area contributed by atoms with E-state index in [0.29, 0.717) is 31.4 Å². The predicted octanol–water partition coefficient (Wildman–Crippen LogP) is 2.85. The molecule has 1 aromatic rings. The quantitative estimate of drug-likeness (QED) is 0.782. The third-order valence-corrected chi connectivity index (χ3v) is 6.16. The average molecular weight is 411 g/mol. The van der Waals surface area contributed by atoms with Crippen molar-refractivity contribution in [2.75, 3.05) is 37.6 Å². The first-order chi connectivity index (χ1) is 13.9. The summed E-state index contributed by atoms with van der Waals surface area (Å²) in [5.74, 6) is 1.08. The van der Waals surface area contributed by atoms with Crippen LogP contribution in [0.2, 0.25) is 0 Å². The van der Waals surface area contributed by atoms with E-state index in [-0.39, 0.29) is 12.1 Å². The average Bonchev–Trinajstić information content (AvgIpc) is 3.44. The van der Waals surface area contributed by atoms with Crippen LogP contribution in [0.5, 0.6) is 0 Å². The fraction of sp³-hybridized carbons (Fsp3) is 0.700. The van der Waals surface area contributed by atoms with Gasteiger partial charge in [-0.05, 0) is 56.7 Å². The molecule has 6 nitrogen and oxygen atoms in total.